The predicted molar refractivity (Wildman–Crippen MR) is 156 cm³/mol. The second-order valence-corrected chi connectivity index (χ2v) is 9.67. The van der Waals surface area contributed by atoms with E-state index in [0.717, 1.165) is 44.7 Å². The van der Waals surface area contributed by atoms with Gasteiger partial charge in [0.25, 0.3) is 0 Å². The highest BCUT2D eigenvalue weighted by atomic mass is 79.9. The van der Waals surface area contributed by atoms with Gasteiger partial charge in [-0.3, -0.25) is 0 Å². The Kier molecular flexibility index (Phi) is 6.67. The lowest BCUT2D eigenvalue weighted by Crippen LogP contribution is -2.35. The second kappa shape index (κ2) is 10.6. The Balaban J connectivity index is 1.74. The standard InChI is InChI=1S/C33H25BrN4/c34-24-25-20-22-26(23-21-25)30-18-10-11-19-31(30)33(27-12-4-1-5-13-27,28-14-6-2-7-15-28)32-35-36-37-38(32)29-16-8-3-9-17-29/h1-23H,24H2. The van der Waals surface area contributed by atoms with Crippen molar-refractivity contribution in [3.8, 4) is 16.8 Å². The molecule has 0 aliphatic rings. The van der Waals surface area contributed by atoms with Crippen molar-refractivity contribution >= 4 is 15.9 Å². The monoisotopic (exact) mass is 556 g/mol. The molecular weight excluding hydrogens is 532 g/mol. The van der Waals surface area contributed by atoms with Gasteiger partial charge in [0.1, 0.15) is 5.41 Å². The molecule has 0 aliphatic carbocycles. The van der Waals surface area contributed by atoms with Crippen LogP contribution in [-0.4, -0.2) is 20.2 Å². The molecule has 0 saturated carbocycles. The number of rotatable bonds is 7. The molecule has 6 aromatic rings. The highest BCUT2D eigenvalue weighted by Gasteiger charge is 2.44. The van der Waals surface area contributed by atoms with Crippen LogP contribution in [-0.2, 0) is 10.7 Å². The van der Waals surface area contributed by atoms with Crippen molar-refractivity contribution in [2.24, 2.45) is 0 Å². The lowest BCUT2D eigenvalue weighted by atomic mass is 9.66. The van der Waals surface area contributed by atoms with Crippen LogP contribution in [0.3, 0.4) is 0 Å². The second-order valence-electron chi connectivity index (χ2n) is 9.11. The molecule has 5 heteroatoms. The number of hydrogen-bond acceptors (Lipinski definition) is 3. The molecule has 0 fully saturated rings. The number of para-hydroxylation sites is 1. The average molecular weight is 557 g/mol. The summed E-state index contributed by atoms with van der Waals surface area (Å²) in [6.45, 7) is 0. The lowest BCUT2D eigenvalue weighted by Gasteiger charge is -2.36. The van der Waals surface area contributed by atoms with Gasteiger partial charge in [-0.05, 0) is 55.9 Å². The summed E-state index contributed by atoms with van der Waals surface area (Å²) < 4.78 is 1.87. The lowest BCUT2D eigenvalue weighted by molar-refractivity contribution is 0.644. The first kappa shape index (κ1) is 24.0. The first-order chi connectivity index (χ1) is 18.8. The summed E-state index contributed by atoms with van der Waals surface area (Å²) in [5, 5.41) is 14.3. The van der Waals surface area contributed by atoms with Gasteiger partial charge < -0.3 is 0 Å². The smallest absolute Gasteiger partial charge is 0.176 e. The molecule has 1 aromatic heterocycles. The zero-order chi connectivity index (χ0) is 25.8. The van der Waals surface area contributed by atoms with Crippen LogP contribution in [0.15, 0.2) is 140 Å². The highest BCUT2D eigenvalue weighted by Crippen LogP contribution is 2.47. The molecule has 0 radical (unpaired) electrons. The fraction of sp³-hybridized carbons (Fsp3) is 0.0606. The van der Waals surface area contributed by atoms with Crippen molar-refractivity contribution in [2.75, 3.05) is 0 Å². The topological polar surface area (TPSA) is 43.6 Å². The molecule has 1 heterocycles. The number of benzene rings is 5. The molecule has 0 N–H and O–H groups in total. The van der Waals surface area contributed by atoms with Crippen molar-refractivity contribution in [1.29, 1.82) is 0 Å². The van der Waals surface area contributed by atoms with Crippen molar-refractivity contribution in [2.45, 2.75) is 10.7 Å². The van der Waals surface area contributed by atoms with Crippen LogP contribution in [0.4, 0.5) is 0 Å². The molecule has 0 amide bonds. The van der Waals surface area contributed by atoms with Crippen LogP contribution < -0.4 is 0 Å². The van der Waals surface area contributed by atoms with Crippen molar-refractivity contribution < 1.29 is 0 Å². The fourth-order valence-corrected chi connectivity index (χ4v) is 5.61. The Morgan fingerprint density at radius 2 is 1.16 bits per heavy atom. The van der Waals surface area contributed by atoms with Crippen LogP contribution in [0.2, 0.25) is 0 Å². The Hall–Kier alpha value is -4.35. The number of halogens is 1. The minimum Gasteiger partial charge on any atom is -0.196 e. The van der Waals surface area contributed by atoms with E-state index in [1.165, 1.54) is 5.56 Å². The van der Waals surface area contributed by atoms with Crippen molar-refractivity contribution in [1.82, 2.24) is 20.2 Å². The quantitative estimate of drug-likeness (QED) is 0.150. The fourth-order valence-electron chi connectivity index (χ4n) is 5.23. The summed E-state index contributed by atoms with van der Waals surface area (Å²) >= 11 is 3.58. The molecular formula is C33H25BrN4. The molecule has 38 heavy (non-hydrogen) atoms. The Morgan fingerprint density at radius 3 is 1.76 bits per heavy atom. The maximum Gasteiger partial charge on any atom is 0.176 e. The van der Waals surface area contributed by atoms with E-state index in [4.69, 9.17) is 5.10 Å². The highest BCUT2D eigenvalue weighted by molar-refractivity contribution is 9.08. The van der Waals surface area contributed by atoms with Crippen LogP contribution in [0, 0.1) is 0 Å². The van der Waals surface area contributed by atoms with E-state index in [9.17, 15) is 0 Å². The Morgan fingerprint density at radius 1 is 0.605 bits per heavy atom. The first-order valence-electron chi connectivity index (χ1n) is 12.5. The maximum absolute atomic E-state index is 4.75. The van der Waals surface area contributed by atoms with Gasteiger partial charge in [-0.25, -0.2) is 0 Å². The molecule has 184 valence electrons. The van der Waals surface area contributed by atoms with Gasteiger partial charge in [-0.1, -0.05) is 143 Å². The van der Waals surface area contributed by atoms with Crippen LogP contribution in [0.1, 0.15) is 28.1 Å². The molecule has 5 aromatic carbocycles. The van der Waals surface area contributed by atoms with E-state index < -0.39 is 5.41 Å². The van der Waals surface area contributed by atoms with E-state index in [1.807, 2.05) is 47.1 Å². The van der Waals surface area contributed by atoms with Gasteiger partial charge in [0.2, 0.25) is 0 Å². The van der Waals surface area contributed by atoms with Gasteiger partial charge in [-0.2, -0.15) is 4.68 Å². The van der Waals surface area contributed by atoms with Gasteiger partial charge >= 0.3 is 0 Å². The van der Waals surface area contributed by atoms with E-state index in [1.54, 1.807) is 0 Å². The van der Waals surface area contributed by atoms with E-state index in [2.05, 4.69) is 123 Å². The molecule has 0 spiro atoms. The minimum absolute atomic E-state index is 0.727. The largest absolute Gasteiger partial charge is 0.196 e. The van der Waals surface area contributed by atoms with E-state index in [-0.39, 0.29) is 0 Å². The summed E-state index contributed by atoms with van der Waals surface area (Å²) in [6, 6.07) is 48.5. The zero-order valence-electron chi connectivity index (χ0n) is 20.7. The molecule has 0 unspecified atom stereocenters. The summed E-state index contributed by atoms with van der Waals surface area (Å²) in [6.07, 6.45) is 0. The average Bonchev–Trinajstić information content (AvgIpc) is 3.50. The number of alkyl halides is 1. The minimum atomic E-state index is -0.799. The SMILES string of the molecule is BrCc1ccc(-c2ccccc2C(c2ccccc2)(c2ccccc2)c2nnnn2-c2ccccc2)cc1. The van der Waals surface area contributed by atoms with Gasteiger partial charge in [0, 0.05) is 5.33 Å². The van der Waals surface area contributed by atoms with Crippen molar-refractivity contribution in [3.05, 3.63) is 168 Å². The van der Waals surface area contributed by atoms with Gasteiger partial charge in [-0.15, -0.1) is 5.10 Å². The number of aromatic nitrogens is 4. The maximum atomic E-state index is 4.75. The summed E-state index contributed by atoms with van der Waals surface area (Å²) in [4.78, 5) is 0. The van der Waals surface area contributed by atoms with Crippen LogP contribution in [0.25, 0.3) is 16.8 Å². The van der Waals surface area contributed by atoms with Crippen LogP contribution in [0.5, 0.6) is 0 Å². The molecule has 0 bridgehead atoms. The number of tetrazole rings is 1. The zero-order valence-corrected chi connectivity index (χ0v) is 22.2. The third-order valence-electron chi connectivity index (χ3n) is 6.97. The normalized spacial score (nSPS) is 11.4. The van der Waals surface area contributed by atoms with E-state index in [0.29, 0.717) is 0 Å². The summed E-state index contributed by atoms with van der Waals surface area (Å²) in [5.74, 6) is 0.727. The Bertz CT molecular complexity index is 1590. The third kappa shape index (κ3) is 4.15. The van der Waals surface area contributed by atoms with E-state index >= 15 is 0 Å². The summed E-state index contributed by atoms with van der Waals surface area (Å²) in [5.41, 5.74) is 6.89. The first-order valence-corrected chi connectivity index (χ1v) is 13.6. The number of hydrogen-bond donors (Lipinski definition) is 0. The third-order valence-corrected chi connectivity index (χ3v) is 7.62. The molecule has 0 saturated heterocycles. The van der Waals surface area contributed by atoms with Crippen LogP contribution >= 0.6 is 15.9 Å². The molecule has 0 aliphatic heterocycles. The predicted octanol–water partition coefficient (Wildman–Crippen LogP) is 7.61. The van der Waals surface area contributed by atoms with Crippen molar-refractivity contribution in [3.63, 3.8) is 0 Å². The summed E-state index contributed by atoms with van der Waals surface area (Å²) in [7, 11) is 0. The van der Waals surface area contributed by atoms with Gasteiger partial charge in [0.05, 0.1) is 5.69 Å². The molecule has 6 rings (SSSR count). The Labute approximate surface area is 230 Å². The number of nitrogens with zero attached hydrogens (tertiary/aromatic N) is 4. The molecule has 0 atom stereocenters. The van der Waals surface area contributed by atoms with Gasteiger partial charge in [0.15, 0.2) is 5.82 Å². The molecule has 4 nitrogen and oxygen atoms in total.